The van der Waals surface area contributed by atoms with Gasteiger partial charge in [0, 0.05) is 30.3 Å². The van der Waals surface area contributed by atoms with Crippen molar-refractivity contribution in [1.29, 1.82) is 0 Å². The van der Waals surface area contributed by atoms with Crippen molar-refractivity contribution in [2.24, 2.45) is 0 Å². The van der Waals surface area contributed by atoms with E-state index >= 15 is 0 Å². The molecule has 0 aliphatic carbocycles. The molecule has 0 bridgehead atoms. The molecule has 3 heteroatoms. The van der Waals surface area contributed by atoms with Gasteiger partial charge in [0.2, 0.25) is 0 Å². The van der Waals surface area contributed by atoms with Gasteiger partial charge in [0.25, 0.3) is 0 Å². The standard InChI is InChI=1S/C14H23BrN2/c1-4-6-9-17(3)13-8-7-12(11-16-5-2)14(15)10-13/h7-8,10,16H,4-6,9,11H2,1-3H3. The lowest BCUT2D eigenvalue weighted by Crippen LogP contribution is -2.18. The topological polar surface area (TPSA) is 15.3 Å². The maximum atomic E-state index is 3.65. The summed E-state index contributed by atoms with van der Waals surface area (Å²) in [6, 6.07) is 6.61. The fourth-order valence-electron chi connectivity index (χ4n) is 1.70. The highest BCUT2D eigenvalue weighted by molar-refractivity contribution is 9.10. The second-order valence-electron chi connectivity index (χ2n) is 4.33. The molecule has 96 valence electrons. The number of hydrogen-bond donors (Lipinski definition) is 1. The molecule has 0 radical (unpaired) electrons. The minimum absolute atomic E-state index is 0.927. The summed E-state index contributed by atoms with van der Waals surface area (Å²) in [5, 5.41) is 3.34. The van der Waals surface area contributed by atoms with Crippen LogP contribution in [0.5, 0.6) is 0 Å². The predicted molar refractivity (Wildman–Crippen MR) is 79.7 cm³/mol. The molecule has 1 aromatic carbocycles. The third-order valence-electron chi connectivity index (χ3n) is 2.89. The van der Waals surface area contributed by atoms with Gasteiger partial charge in [0.1, 0.15) is 0 Å². The Hall–Kier alpha value is -0.540. The highest BCUT2D eigenvalue weighted by Gasteiger charge is 2.04. The average molecular weight is 299 g/mol. The second kappa shape index (κ2) is 7.72. The molecule has 0 amide bonds. The molecule has 1 rings (SSSR count). The monoisotopic (exact) mass is 298 g/mol. The highest BCUT2D eigenvalue weighted by Crippen LogP contribution is 2.23. The molecule has 0 unspecified atom stereocenters. The maximum Gasteiger partial charge on any atom is 0.0375 e. The van der Waals surface area contributed by atoms with E-state index in [0.29, 0.717) is 0 Å². The van der Waals surface area contributed by atoms with Gasteiger partial charge in [-0.1, -0.05) is 42.3 Å². The van der Waals surface area contributed by atoms with Crippen LogP contribution >= 0.6 is 15.9 Å². The van der Waals surface area contributed by atoms with Crippen molar-refractivity contribution in [2.45, 2.75) is 33.2 Å². The fourth-order valence-corrected chi connectivity index (χ4v) is 2.21. The smallest absolute Gasteiger partial charge is 0.0375 e. The lowest BCUT2D eigenvalue weighted by atomic mass is 10.2. The van der Waals surface area contributed by atoms with Crippen molar-refractivity contribution in [3.8, 4) is 0 Å². The Bertz CT molecular complexity index is 339. The molecule has 0 aliphatic rings. The first-order valence-corrected chi connectivity index (χ1v) is 7.18. The molecule has 0 saturated heterocycles. The van der Waals surface area contributed by atoms with Gasteiger partial charge in [-0.2, -0.15) is 0 Å². The van der Waals surface area contributed by atoms with Gasteiger partial charge in [0.05, 0.1) is 0 Å². The number of unbranched alkanes of at least 4 members (excludes halogenated alkanes) is 1. The Morgan fingerprint density at radius 2 is 2.06 bits per heavy atom. The first kappa shape index (κ1) is 14.5. The lowest BCUT2D eigenvalue weighted by molar-refractivity contribution is 0.724. The SMILES string of the molecule is CCCCN(C)c1ccc(CNCC)c(Br)c1. The van der Waals surface area contributed by atoms with Crippen LogP contribution in [0.2, 0.25) is 0 Å². The Balaban J connectivity index is 2.67. The number of halogens is 1. The van der Waals surface area contributed by atoms with E-state index in [1.165, 1.54) is 28.6 Å². The Morgan fingerprint density at radius 3 is 2.65 bits per heavy atom. The summed E-state index contributed by atoms with van der Waals surface area (Å²) >= 11 is 3.65. The van der Waals surface area contributed by atoms with Crippen LogP contribution in [0, 0.1) is 0 Å². The molecule has 0 aliphatic heterocycles. The van der Waals surface area contributed by atoms with Crippen molar-refractivity contribution in [2.75, 3.05) is 25.0 Å². The summed E-state index contributed by atoms with van der Waals surface area (Å²) in [7, 11) is 2.15. The van der Waals surface area contributed by atoms with E-state index < -0.39 is 0 Å². The van der Waals surface area contributed by atoms with Gasteiger partial charge >= 0.3 is 0 Å². The van der Waals surface area contributed by atoms with Crippen molar-refractivity contribution in [1.82, 2.24) is 5.32 Å². The van der Waals surface area contributed by atoms with E-state index in [1.807, 2.05) is 0 Å². The van der Waals surface area contributed by atoms with Crippen LogP contribution in [-0.2, 0) is 6.54 Å². The van der Waals surface area contributed by atoms with Gasteiger partial charge in [0.15, 0.2) is 0 Å². The number of rotatable bonds is 7. The third kappa shape index (κ3) is 4.68. The molecule has 0 fully saturated rings. The van der Waals surface area contributed by atoms with Crippen molar-refractivity contribution < 1.29 is 0 Å². The van der Waals surface area contributed by atoms with Crippen LogP contribution in [0.3, 0.4) is 0 Å². The van der Waals surface area contributed by atoms with E-state index in [4.69, 9.17) is 0 Å². The Labute approximate surface area is 114 Å². The molecule has 1 N–H and O–H groups in total. The fraction of sp³-hybridized carbons (Fsp3) is 0.571. The zero-order chi connectivity index (χ0) is 12.7. The lowest BCUT2D eigenvalue weighted by Gasteiger charge is -2.20. The van der Waals surface area contributed by atoms with Crippen molar-refractivity contribution >= 4 is 21.6 Å². The molecule has 1 aromatic rings. The summed E-state index contributed by atoms with van der Waals surface area (Å²) in [5.74, 6) is 0. The zero-order valence-electron chi connectivity index (χ0n) is 11.1. The quantitative estimate of drug-likeness (QED) is 0.824. The number of nitrogens with zero attached hydrogens (tertiary/aromatic N) is 1. The zero-order valence-corrected chi connectivity index (χ0v) is 12.7. The van der Waals surface area contributed by atoms with Gasteiger partial charge < -0.3 is 10.2 Å². The molecule has 0 atom stereocenters. The Kier molecular flexibility index (Phi) is 6.60. The van der Waals surface area contributed by atoms with Crippen LogP contribution < -0.4 is 10.2 Å². The summed E-state index contributed by atoms with van der Waals surface area (Å²) in [6.45, 7) is 7.40. The first-order chi connectivity index (χ1) is 8.19. The molecular formula is C14H23BrN2. The third-order valence-corrected chi connectivity index (χ3v) is 3.63. The summed E-state index contributed by atoms with van der Waals surface area (Å²) in [6.07, 6.45) is 2.48. The van der Waals surface area contributed by atoms with E-state index in [9.17, 15) is 0 Å². The average Bonchev–Trinajstić information content (AvgIpc) is 2.34. The summed E-state index contributed by atoms with van der Waals surface area (Å²) in [5.41, 5.74) is 2.60. The molecule has 2 nitrogen and oxygen atoms in total. The van der Waals surface area contributed by atoms with Crippen molar-refractivity contribution in [3.05, 3.63) is 28.2 Å². The van der Waals surface area contributed by atoms with Gasteiger partial charge in [-0.05, 0) is 30.7 Å². The van der Waals surface area contributed by atoms with Crippen LogP contribution in [-0.4, -0.2) is 20.1 Å². The highest BCUT2D eigenvalue weighted by atomic mass is 79.9. The van der Waals surface area contributed by atoms with Crippen LogP contribution in [0.25, 0.3) is 0 Å². The number of benzene rings is 1. The van der Waals surface area contributed by atoms with Crippen LogP contribution in [0.4, 0.5) is 5.69 Å². The first-order valence-electron chi connectivity index (χ1n) is 6.39. The number of nitrogens with one attached hydrogen (secondary N) is 1. The van der Waals surface area contributed by atoms with Gasteiger partial charge in [-0.15, -0.1) is 0 Å². The van der Waals surface area contributed by atoms with E-state index in [0.717, 1.165) is 19.6 Å². The van der Waals surface area contributed by atoms with Crippen molar-refractivity contribution in [3.63, 3.8) is 0 Å². The second-order valence-corrected chi connectivity index (χ2v) is 5.19. The van der Waals surface area contributed by atoms with E-state index in [1.54, 1.807) is 0 Å². The predicted octanol–water partition coefficient (Wildman–Crippen LogP) is 3.79. The van der Waals surface area contributed by atoms with Crippen LogP contribution in [0.1, 0.15) is 32.3 Å². The summed E-state index contributed by atoms with van der Waals surface area (Å²) < 4.78 is 1.19. The molecule has 17 heavy (non-hydrogen) atoms. The molecular weight excluding hydrogens is 276 g/mol. The van der Waals surface area contributed by atoms with Gasteiger partial charge in [-0.25, -0.2) is 0 Å². The van der Waals surface area contributed by atoms with E-state index in [-0.39, 0.29) is 0 Å². The van der Waals surface area contributed by atoms with Gasteiger partial charge in [-0.3, -0.25) is 0 Å². The Morgan fingerprint density at radius 1 is 1.29 bits per heavy atom. The minimum Gasteiger partial charge on any atom is -0.375 e. The molecule has 0 aromatic heterocycles. The van der Waals surface area contributed by atoms with Crippen LogP contribution in [0.15, 0.2) is 22.7 Å². The molecule has 0 heterocycles. The maximum absolute atomic E-state index is 3.65. The largest absolute Gasteiger partial charge is 0.375 e. The number of anilines is 1. The summed E-state index contributed by atoms with van der Waals surface area (Å²) in [4.78, 5) is 2.31. The molecule has 0 saturated carbocycles. The normalized spacial score (nSPS) is 10.6. The number of hydrogen-bond acceptors (Lipinski definition) is 2. The molecule has 0 spiro atoms. The minimum atomic E-state index is 0.927. The van der Waals surface area contributed by atoms with E-state index in [2.05, 4.69) is 65.2 Å².